The first-order chi connectivity index (χ1) is 11.2. The summed E-state index contributed by atoms with van der Waals surface area (Å²) in [7, 11) is 0. The molecule has 0 N–H and O–H groups in total. The van der Waals surface area contributed by atoms with Crippen molar-refractivity contribution in [3.63, 3.8) is 0 Å². The lowest BCUT2D eigenvalue weighted by Gasteiger charge is -2.28. The summed E-state index contributed by atoms with van der Waals surface area (Å²) in [6, 6.07) is 0. The van der Waals surface area contributed by atoms with Gasteiger partial charge in [-0.2, -0.15) is 0 Å². The SMILES string of the molecule is CC(=O)OCCC1=CC2CC(OC3CCCCO3)C(C=O)C2C1. The number of ether oxygens (including phenoxy) is 3. The van der Waals surface area contributed by atoms with Crippen LogP contribution in [0, 0.1) is 17.8 Å². The molecule has 2 fully saturated rings. The third kappa shape index (κ3) is 4.01. The van der Waals surface area contributed by atoms with Crippen molar-refractivity contribution in [2.24, 2.45) is 17.8 Å². The van der Waals surface area contributed by atoms with Gasteiger partial charge in [0.15, 0.2) is 6.29 Å². The minimum Gasteiger partial charge on any atom is -0.466 e. The summed E-state index contributed by atoms with van der Waals surface area (Å²) < 4.78 is 16.7. The van der Waals surface area contributed by atoms with Gasteiger partial charge in [-0.15, -0.1) is 0 Å². The van der Waals surface area contributed by atoms with Gasteiger partial charge in [0, 0.05) is 25.9 Å². The normalized spacial score (nSPS) is 36.4. The molecule has 0 aromatic carbocycles. The zero-order valence-corrected chi connectivity index (χ0v) is 13.7. The number of esters is 1. The molecule has 0 aromatic heterocycles. The van der Waals surface area contributed by atoms with Gasteiger partial charge in [0.05, 0.1) is 12.7 Å². The monoisotopic (exact) mass is 322 g/mol. The van der Waals surface area contributed by atoms with E-state index in [0.717, 1.165) is 51.4 Å². The molecule has 1 saturated carbocycles. The number of aldehydes is 1. The lowest BCUT2D eigenvalue weighted by molar-refractivity contribution is -0.194. The highest BCUT2D eigenvalue weighted by molar-refractivity contribution is 5.65. The van der Waals surface area contributed by atoms with E-state index in [4.69, 9.17) is 14.2 Å². The van der Waals surface area contributed by atoms with E-state index in [9.17, 15) is 9.59 Å². The van der Waals surface area contributed by atoms with Crippen LogP contribution in [-0.4, -0.2) is 37.9 Å². The zero-order chi connectivity index (χ0) is 16.2. The van der Waals surface area contributed by atoms with Crippen molar-refractivity contribution in [2.45, 2.75) is 57.8 Å². The molecule has 2 aliphatic carbocycles. The quantitative estimate of drug-likeness (QED) is 0.427. The summed E-state index contributed by atoms with van der Waals surface area (Å²) in [6.45, 7) is 2.62. The Kier molecular flexibility index (Phi) is 5.49. The molecule has 3 aliphatic rings. The van der Waals surface area contributed by atoms with Crippen LogP contribution < -0.4 is 0 Å². The van der Waals surface area contributed by atoms with Crippen molar-refractivity contribution < 1.29 is 23.8 Å². The highest BCUT2D eigenvalue weighted by Gasteiger charge is 2.46. The number of fused-ring (bicyclic) bond motifs is 1. The summed E-state index contributed by atoms with van der Waals surface area (Å²) in [5.41, 5.74) is 1.31. The Morgan fingerprint density at radius 3 is 3.00 bits per heavy atom. The molecule has 1 heterocycles. The average molecular weight is 322 g/mol. The highest BCUT2D eigenvalue weighted by Crippen LogP contribution is 2.48. The van der Waals surface area contributed by atoms with Gasteiger partial charge >= 0.3 is 5.97 Å². The topological polar surface area (TPSA) is 61.8 Å². The van der Waals surface area contributed by atoms with Crippen LogP contribution in [0.3, 0.4) is 0 Å². The van der Waals surface area contributed by atoms with Crippen molar-refractivity contribution in [3.8, 4) is 0 Å². The molecule has 23 heavy (non-hydrogen) atoms. The Morgan fingerprint density at radius 1 is 1.43 bits per heavy atom. The van der Waals surface area contributed by atoms with Gasteiger partial charge in [-0.3, -0.25) is 4.79 Å². The predicted molar refractivity (Wildman–Crippen MR) is 83.6 cm³/mol. The van der Waals surface area contributed by atoms with Crippen molar-refractivity contribution in [1.82, 2.24) is 0 Å². The van der Waals surface area contributed by atoms with Gasteiger partial charge in [0.2, 0.25) is 0 Å². The molecule has 5 nitrogen and oxygen atoms in total. The van der Waals surface area contributed by atoms with Gasteiger partial charge in [-0.05, 0) is 43.9 Å². The number of allylic oxidation sites excluding steroid dienone is 1. The van der Waals surface area contributed by atoms with Crippen LogP contribution in [-0.2, 0) is 23.8 Å². The Bertz CT molecular complexity index is 466. The summed E-state index contributed by atoms with van der Waals surface area (Å²) in [4.78, 5) is 22.4. The standard InChI is InChI=1S/C18H26O5/c1-12(20)21-7-5-13-8-14-10-17(16(11-19)15(14)9-13)23-18-4-2-3-6-22-18/h8,11,14-18H,2-7,9-10H2,1H3. The lowest BCUT2D eigenvalue weighted by atomic mass is 9.90. The van der Waals surface area contributed by atoms with Gasteiger partial charge in [-0.1, -0.05) is 11.6 Å². The van der Waals surface area contributed by atoms with E-state index in [0.29, 0.717) is 18.4 Å². The predicted octanol–water partition coefficient (Wildman–Crippen LogP) is 2.63. The third-order valence-corrected chi connectivity index (χ3v) is 5.28. The Balaban J connectivity index is 1.53. The van der Waals surface area contributed by atoms with Crippen LogP contribution >= 0.6 is 0 Å². The molecule has 0 amide bonds. The molecule has 5 atom stereocenters. The van der Waals surface area contributed by atoms with E-state index < -0.39 is 0 Å². The van der Waals surface area contributed by atoms with Crippen LogP contribution in [0.2, 0.25) is 0 Å². The molecule has 0 bridgehead atoms. The summed E-state index contributed by atoms with van der Waals surface area (Å²) in [5, 5.41) is 0. The Hall–Kier alpha value is -1.20. The molecule has 5 heteroatoms. The molecule has 0 radical (unpaired) electrons. The molecular formula is C18H26O5. The number of carbonyl (C=O) groups excluding carboxylic acids is 2. The fourth-order valence-corrected chi connectivity index (χ4v) is 4.17. The number of hydrogen-bond acceptors (Lipinski definition) is 5. The van der Waals surface area contributed by atoms with E-state index >= 15 is 0 Å². The molecular weight excluding hydrogens is 296 g/mol. The van der Waals surface area contributed by atoms with Gasteiger partial charge in [-0.25, -0.2) is 0 Å². The number of rotatable bonds is 6. The van der Waals surface area contributed by atoms with Crippen LogP contribution in [0.4, 0.5) is 0 Å². The Morgan fingerprint density at radius 2 is 2.30 bits per heavy atom. The maximum absolute atomic E-state index is 11.6. The molecule has 1 aliphatic heterocycles. The molecule has 3 rings (SSSR count). The smallest absolute Gasteiger partial charge is 0.302 e. The van der Waals surface area contributed by atoms with Crippen LogP contribution in [0.15, 0.2) is 11.6 Å². The molecule has 5 unspecified atom stereocenters. The van der Waals surface area contributed by atoms with E-state index in [1.807, 2.05) is 0 Å². The van der Waals surface area contributed by atoms with Crippen molar-refractivity contribution >= 4 is 12.3 Å². The van der Waals surface area contributed by atoms with E-state index in [2.05, 4.69) is 6.08 Å². The number of carbonyl (C=O) groups is 2. The zero-order valence-electron chi connectivity index (χ0n) is 13.7. The van der Waals surface area contributed by atoms with Crippen molar-refractivity contribution in [2.75, 3.05) is 13.2 Å². The molecule has 128 valence electrons. The summed E-state index contributed by atoms with van der Waals surface area (Å²) >= 11 is 0. The molecule has 0 aromatic rings. The highest BCUT2D eigenvalue weighted by atomic mass is 16.7. The largest absolute Gasteiger partial charge is 0.466 e. The van der Waals surface area contributed by atoms with Gasteiger partial charge in [0.25, 0.3) is 0 Å². The minimum atomic E-state index is -0.240. The fourth-order valence-electron chi connectivity index (χ4n) is 4.17. The minimum absolute atomic E-state index is 0.0168. The van der Waals surface area contributed by atoms with Gasteiger partial charge < -0.3 is 19.0 Å². The van der Waals surface area contributed by atoms with Gasteiger partial charge in [0.1, 0.15) is 6.29 Å². The third-order valence-electron chi connectivity index (χ3n) is 5.28. The second-order valence-electron chi connectivity index (χ2n) is 6.87. The first-order valence-electron chi connectivity index (χ1n) is 8.72. The van der Waals surface area contributed by atoms with Crippen LogP contribution in [0.25, 0.3) is 0 Å². The second-order valence-corrected chi connectivity index (χ2v) is 6.87. The van der Waals surface area contributed by atoms with Crippen LogP contribution in [0.1, 0.15) is 45.4 Å². The lowest BCUT2D eigenvalue weighted by Crippen LogP contribution is -2.32. The van der Waals surface area contributed by atoms with Crippen LogP contribution in [0.5, 0.6) is 0 Å². The van der Waals surface area contributed by atoms with E-state index in [1.54, 1.807) is 0 Å². The van der Waals surface area contributed by atoms with E-state index in [1.165, 1.54) is 12.5 Å². The van der Waals surface area contributed by atoms with E-state index in [-0.39, 0.29) is 24.3 Å². The maximum atomic E-state index is 11.6. The first-order valence-corrected chi connectivity index (χ1v) is 8.72. The Labute approximate surface area is 137 Å². The fraction of sp³-hybridized carbons (Fsp3) is 0.778. The summed E-state index contributed by atoms with van der Waals surface area (Å²) in [5.74, 6) is 0.461. The second kappa shape index (κ2) is 7.58. The number of hydrogen-bond donors (Lipinski definition) is 0. The molecule has 0 spiro atoms. The average Bonchev–Trinajstić information content (AvgIpc) is 3.04. The van der Waals surface area contributed by atoms with Crippen molar-refractivity contribution in [3.05, 3.63) is 11.6 Å². The van der Waals surface area contributed by atoms with Crippen molar-refractivity contribution in [1.29, 1.82) is 0 Å². The first kappa shape index (κ1) is 16.7. The molecule has 1 saturated heterocycles. The summed E-state index contributed by atoms with van der Waals surface area (Å²) in [6.07, 6.45) is 8.94. The maximum Gasteiger partial charge on any atom is 0.302 e.